The minimum atomic E-state index is 0.193. The largest absolute Gasteiger partial charge is 0.376 e. The number of benzene rings is 1. The summed E-state index contributed by atoms with van der Waals surface area (Å²) in [6.07, 6.45) is 1.13. The van der Waals surface area contributed by atoms with Crippen molar-refractivity contribution in [3.63, 3.8) is 0 Å². The number of nitrogens with zero attached hydrogens (tertiary/aromatic N) is 3. The molecule has 2 heterocycles. The maximum Gasteiger partial charge on any atom is 0.241 e. The fourth-order valence-electron chi connectivity index (χ4n) is 2.40. The molecule has 0 aliphatic carbocycles. The number of hydrogen-bond donors (Lipinski definition) is 0. The number of hydrogen-bond acceptors (Lipinski definition) is 6. The second-order valence-corrected chi connectivity index (χ2v) is 5.47. The van der Waals surface area contributed by atoms with Gasteiger partial charge in [0.25, 0.3) is 0 Å². The summed E-state index contributed by atoms with van der Waals surface area (Å²) in [7, 11) is 2.04. The second-order valence-electron chi connectivity index (χ2n) is 5.47. The van der Waals surface area contributed by atoms with Crippen molar-refractivity contribution in [2.24, 2.45) is 0 Å². The molecule has 0 radical (unpaired) electrons. The lowest BCUT2D eigenvalue weighted by Crippen LogP contribution is -2.32. The van der Waals surface area contributed by atoms with Crippen molar-refractivity contribution in [2.45, 2.75) is 19.1 Å². The average Bonchev–Trinajstić information content (AvgIpc) is 3.03. The molecule has 3 rings (SSSR count). The second kappa shape index (κ2) is 7.49. The fourth-order valence-corrected chi connectivity index (χ4v) is 2.40. The van der Waals surface area contributed by atoms with Crippen LogP contribution in [0.3, 0.4) is 0 Å². The zero-order valence-corrected chi connectivity index (χ0v) is 12.8. The van der Waals surface area contributed by atoms with Crippen molar-refractivity contribution >= 4 is 0 Å². The van der Waals surface area contributed by atoms with Crippen LogP contribution in [0.15, 0.2) is 34.9 Å². The van der Waals surface area contributed by atoms with E-state index in [2.05, 4.69) is 15.0 Å². The highest BCUT2D eigenvalue weighted by molar-refractivity contribution is 5.53. The maximum absolute atomic E-state index is 5.64. The fraction of sp³-hybridized carbons (Fsp3) is 0.500. The maximum atomic E-state index is 5.64. The molecule has 1 aromatic heterocycles. The summed E-state index contributed by atoms with van der Waals surface area (Å²) in [6, 6.07) is 9.83. The van der Waals surface area contributed by atoms with Crippen LogP contribution in [-0.4, -0.2) is 54.6 Å². The first-order valence-corrected chi connectivity index (χ1v) is 7.57. The van der Waals surface area contributed by atoms with E-state index in [0.717, 1.165) is 18.5 Å². The molecular formula is C16H21N3O3. The number of rotatable bonds is 6. The van der Waals surface area contributed by atoms with E-state index in [9.17, 15) is 0 Å². The van der Waals surface area contributed by atoms with Gasteiger partial charge < -0.3 is 14.0 Å². The van der Waals surface area contributed by atoms with Gasteiger partial charge in [0.1, 0.15) is 0 Å². The van der Waals surface area contributed by atoms with Crippen LogP contribution in [0.2, 0.25) is 0 Å². The molecule has 1 aromatic carbocycles. The molecule has 0 N–H and O–H groups in total. The molecule has 0 saturated carbocycles. The van der Waals surface area contributed by atoms with Gasteiger partial charge in [0.15, 0.2) is 0 Å². The Morgan fingerprint density at radius 2 is 2.09 bits per heavy atom. The van der Waals surface area contributed by atoms with E-state index in [-0.39, 0.29) is 6.10 Å². The first kappa shape index (κ1) is 15.1. The molecule has 22 heavy (non-hydrogen) atoms. The Kier molecular flexibility index (Phi) is 5.15. The van der Waals surface area contributed by atoms with Crippen molar-refractivity contribution in [3.05, 3.63) is 36.2 Å². The van der Waals surface area contributed by atoms with E-state index in [0.29, 0.717) is 38.1 Å². The van der Waals surface area contributed by atoms with Gasteiger partial charge in [0.05, 0.1) is 32.5 Å². The molecular weight excluding hydrogens is 282 g/mol. The molecule has 1 unspecified atom stereocenters. The van der Waals surface area contributed by atoms with E-state index >= 15 is 0 Å². The van der Waals surface area contributed by atoms with Gasteiger partial charge in [0.2, 0.25) is 11.7 Å². The molecule has 0 spiro atoms. The van der Waals surface area contributed by atoms with Crippen LogP contribution in [0.5, 0.6) is 0 Å². The number of ether oxygens (including phenoxy) is 2. The normalized spacial score (nSPS) is 18.7. The van der Waals surface area contributed by atoms with Crippen LogP contribution in [-0.2, 0) is 16.0 Å². The van der Waals surface area contributed by atoms with Crippen molar-refractivity contribution in [3.8, 4) is 11.4 Å². The van der Waals surface area contributed by atoms with Crippen LogP contribution >= 0.6 is 0 Å². The minimum absolute atomic E-state index is 0.193. The van der Waals surface area contributed by atoms with E-state index in [4.69, 9.17) is 14.0 Å². The van der Waals surface area contributed by atoms with E-state index in [1.807, 2.05) is 37.4 Å². The summed E-state index contributed by atoms with van der Waals surface area (Å²) in [6.45, 7) is 3.62. The Morgan fingerprint density at radius 1 is 1.23 bits per heavy atom. The topological polar surface area (TPSA) is 60.6 Å². The lowest BCUT2D eigenvalue weighted by Gasteiger charge is -2.24. The quantitative estimate of drug-likeness (QED) is 0.813. The Morgan fingerprint density at radius 3 is 2.86 bits per heavy atom. The highest BCUT2D eigenvalue weighted by Gasteiger charge is 2.16. The van der Waals surface area contributed by atoms with Crippen LogP contribution in [0, 0.1) is 0 Å². The Hall–Kier alpha value is -1.76. The van der Waals surface area contributed by atoms with Gasteiger partial charge in [-0.1, -0.05) is 35.5 Å². The number of aromatic nitrogens is 2. The third kappa shape index (κ3) is 4.13. The molecule has 0 bridgehead atoms. The summed E-state index contributed by atoms with van der Waals surface area (Å²) < 4.78 is 16.4. The molecule has 1 aliphatic rings. The van der Waals surface area contributed by atoms with E-state index < -0.39 is 0 Å². The molecule has 118 valence electrons. The monoisotopic (exact) mass is 303 g/mol. The van der Waals surface area contributed by atoms with Crippen molar-refractivity contribution in [1.29, 1.82) is 0 Å². The van der Waals surface area contributed by atoms with Crippen molar-refractivity contribution < 1.29 is 14.0 Å². The molecule has 1 saturated heterocycles. The molecule has 1 fully saturated rings. The predicted molar refractivity (Wildman–Crippen MR) is 81.2 cm³/mol. The Labute approximate surface area is 130 Å². The van der Waals surface area contributed by atoms with Crippen molar-refractivity contribution in [1.82, 2.24) is 15.0 Å². The summed E-state index contributed by atoms with van der Waals surface area (Å²) in [5.41, 5.74) is 0.966. The van der Waals surface area contributed by atoms with Crippen LogP contribution in [0.1, 0.15) is 12.3 Å². The van der Waals surface area contributed by atoms with Gasteiger partial charge >= 0.3 is 0 Å². The van der Waals surface area contributed by atoms with Gasteiger partial charge in [-0.2, -0.15) is 4.98 Å². The standard InChI is InChI=1S/C16H21N3O3/c1-19(8-7-14-12-20-9-10-21-14)11-15-17-16(18-22-15)13-5-3-2-4-6-13/h2-6,14H,7-12H2,1H3. The zero-order valence-electron chi connectivity index (χ0n) is 12.8. The average molecular weight is 303 g/mol. The molecule has 0 amide bonds. The van der Waals surface area contributed by atoms with E-state index in [1.165, 1.54) is 0 Å². The Bertz CT molecular complexity index is 567. The summed E-state index contributed by atoms with van der Waals surface area (Å²) >= 11 is 0. The smallest absolute Gasteiger partial charge is 0.241 e. The summed E-state index contributed by atoms with van der Waals surface area (Å²) in [5.74, 6) is 1.26. The highest BCUT2D eigenvalue weighted by Crippen LogP contribution is 2.15. The van der Waals surface area contributed by atoms with Crippen molar-refractivity contribution in [2.75, 3.05) is 33.4 Å². The van der Waals surface area contributed by atoms with Crippen LogP contribution in [0.25, 0.3) is 11.4 Å². The lowest BCUT2D eigenvalue weighted by atomic mass is 10.2. The van der Waals surface area contributed by atoms with E-state index in [1.54, 1.807) is 0 Å². The summed E-state index contributed by atoms with van der Waals surface area (Å²) in [4.78, 5) is 6.59. The van der Waals surface area contributed by atoms with Gasteiger partial charge in [-0.25, -0.2) is 0 Å². The minimum Gasteiger partial charge on any atom is -0.376 e. The first-order valence-electron chi connectivity index (χ1n) is 7.57. The van der Waals surface area contributed by atoms with Gasteiger partial charge in [0, 0.05) is 12.1 Å². The third-order valence-corrected chi connectivity index (χ3v) is 3.62. The van der Waals surface area contributed by atoms with Crippen LogP contribution in [0.4, 0.5) is 0 Å². The van der Waals surface area contributed by atoms with Gasteiger partial charge in [-0.05, 0) is 13.5 Å². The molecule has 2 aromatic rings. The SMILES string of the molecule is CN(CCC1COCCO1)Cc1nc(-c2ccccc2)no1. The molecule has 6 nitrogen and oxygen atoms in total. The molecule has 1 atom stereocenters. The van der Waals surface area contributed by atoms with Gasteiger partial charge in [-0.15, -0.1) is 0 Å². The first-order chi connectivity index (χ1) is 10.8. The van der Waals surface area contributed by atoms with Crippen LogP contribution < -0.4 is 0 Å². The Balaban J connectivity index is 1.49. The third-order valence-electron chi connectivity index (χ3n) is 3.62. The van der Waals surface area contributed by atoms with Gasteiger partial charge in [-0.3, -0.25) is 4.90 Å². The zero-order chi connectivity index (χ0) is 15.2. The summed E-state index contributed by atoms with van der Waals surface area (Å²) in [5, 5.41) is 4.03. The highest BCUT2D eigenvalue weighted by atomic mass is 16.6. The molecule has 1 aliphatic heterocycles. The molecule has 6 heteroatoms. The lowest BCUT2D eigenvalue weighted by molar-refractivity contribution is -0.0924. The predicted octanol–water partition coefficient (Wildman–Crippen LogP) is 1.97.